The Morgan fingerprint density at radius 3 is 2.25 bits per heavy atom. The molecule has 16 heavy (non-hydrogen) atoms. The molecule has 2 amide bonds. The summed E-state index contributed by atoms with van der Waals surface area (Å²) in [5.41, 5.74) is 5.25. The summed E-state index contributed by atoms with van der Waals surface area (Å²) in [5.74, 6) is 0. The predicted octanol–water partition coefficient (Wildman–Crippen LogP) is 0.298. The second-order valence-corrected chi connectivity index (χ2v) is 4.65. The van der Waals surface area contributed by atoms with E-state index in [9.17, 15) is 4.79 Å². The van der Waals surface area contributed by atoms with Crippen LogP contribution < -0.4 is 11.1 Å². The predicted molar refractivity (Wildman–Crippen MR) is 61.2 cm³/mol. The number of nitrogens with two attached hydrogens (primary N) is 1. The molecule has 2 saturated heterocycles. The van der Waals surface area contributed by atoms with Crippen molar-refractivity contribution in [2.45, 2.75) is 37.8 Å². The Morgan fingerprint density at radius 1 is 1.12 bits per heavy atom. The van der Waals surface area contributed by atoms with Crippen molar-refractivity contribution in [3.63, 3.8) is 0 Å². The largest absolute Gasteiger partial charge is 0.381 e. The van der Waals surface area contributed by atoms with Crippen LogP contribution >= 0.6 is 0 Å². The van der Waals surface area contributed by atoms with Gasteiger partial charge in [-0.25, -0.2) is 4.79 Å². The molecule has 3 N–H and O–H groups in total. The van der Waals surface area contributed by atoms with Crippen LogP contribution in [0.4, 0.5) is 4.79 Å². The van der Waals surface area contributed by atoms with Gasteiger partial charge in [0.1, 0.15) is 0 Å². The van der Waals surface area contributed by atoms with E-state index in [2.05, 4.69) is 5.32 Å². The molecule has 0 spiro atoms. The first-order valence-electron chi connectivity index (χ1n) is 6.14. The van der Waals surface area contributed by atoms with Gasteiger partial charge in [0.15, 0.2) is 0 Å². The summed E-state index contributed by atoms with van der Waals surface area (Å²) in [7, 11) is 0. The Bertz CT molecular complexity index is 233. The lowest BCUT2D eigenvalue weighted by Gasteiger charge is -2.34. The van der Waals surface area contributed by atoms with Crippen molar-refractivity contribution >= 4 is 6.03 Å². The van der Waals surface area contributed by atoms with Crippen LogP contribution in [-0.2, 0) is 4.74 Å². The van der Waals surface area contributed by atoms with E-state index < -0.39 is 0 Å². The molecule has 5 heteroatoms. The first-order valence-corrected chi connectivity index (χ1v) is 6.14. The lowest BCUT2D eigenvalue weighted by atomic mass is 10.0. The number of likely N-dealkylation sites (tertiary alicyclic amines) is 1. The second kappa shape index (κ2) is 5.50. The topological polar surface area (TPSA) is 67.6 Å². The zero-order valence-electron chi connectivity index (χ0n) is 9.65. The lowest BCUT2D eigenvalue weighted by molar-refractivity contribution is 0.0717. The molecular formula is C11H21N3O2. The molecule has 5 nitrogen and oxygen atoms in total. The Hall–Kier alpha value is -0.810. The highest BCUT2D eigenvalue weighted by molar-refractivity contribution is 5.72. The standard InChI is InChI=1S/C11H21N3O2/c12-11(15)14-5-1-9(2-6-14)13-10-3-7-16-8-4-10/h9-10,13H,1-8H2,(H2,12,15). The summed E-state index contributed by atoms with van der Waals surface area (Å²) < 4.78 is 5.33. The van der Waals surface area contributed by atoms with E-state index in [1.807, 2.05) is 0 Å². The summed E-state index contributed by atoms with van der Waals surface area (Å²) >= 11 is 0. The third-order valence-electron chi connectivity index (χ3n) is 3.50. The molecule has 0 atom stereocenters. The molecule has 0 aromatic carbocycles. The number of rotatable bonds is 2. The number of carbonyl (C=O) groups excluding carboxylic acids is 1. The maximum absolute atomic E-state index is 11.0. The normalized spacial score (nSPS) is 24.6. The van der Waals surface area contributed by atoms with E-state index >= 15 is 0 Å². The van der Waals surface area contributed by atoms with Gasteiger partial charge in [-0.3, -0.25) is 0 Å². The number of primary amides is 1. The Kier molecular flexibility index (Phi) is 4.01. The van der Waals surface area contributed by atoms with E-state index in [4.69, 9.17) is 10.5 Å². The Labute approximate surface area is 96.3 Å². The van der Waals surface area contributed by atoms with Crippen LogP contribution in [0.2, 0.25) is 0 Å². The molecule has 0 aromatic rings. The number of urea groups is 1. The molecule has 0 saturated carbocycles. The lowest BCUT2D eigenvalue weighted by Crippen LogP contribution is -2.50. The van der Waals surface area contributed by atoms with Gasteiger partial charge in [0.25, 0.3) is 0 Å². The molecular weight excluding hydrogens is 206 g/mol. The number of carbonyl (C=O) groups is 1. The van der Waals surface area contributed by atoms with Gasteiger partial charge in [-0.1, -0.05) is 0 Å². The van der Waals surface area contributed by atoms with Gasteiger partial charge in [-0.15, -0.1) is 0 Å². The third kappa shape index (κ3) is 3.09. The maximum Gasteiger partial charge on any atom is 0.314 e. The smallest absolute Gasteiger partial charge is 0.314 e. The number of ether oxygens (including phenoxy) is 1. The first kappa shape index (κ1) is 11.7. The van der Waals surface area contributed by atoms with Crippen molar-refractivity contribution in [1.82, 2.24) is 10.2 Å². The van der Waals surface area contributed by atoms with Gasteiger partial charge in [0.2, 0.25) is 0 Å². The average Bonchev–Trinajstić information content (AvgIpc) is 2.31. The fourth-order valence-electron chi connectivity index (χ4n) is 2.46. The fourth-order valence-corrected chi connectivity index (χ4v) is 2.46. The summed E-state index contributed by atoms with van der Waals surface area (Å²) in [4.78, 5) is 12.7. The zero-order valence-corrected chi connectivity index (χ0v) is 9.65. The van der Waals surface area contributed by atoms with Crippen LogP contribution in [0.5, 0.6) is 0 Å². The van der Waals surface area contributed by atoms with Crippen LogP contribution in [0.25, 0.3) is 0 Å². The van der Waals surface area contributed by atoms with Gasteiger partial charge >= 0.3 is 6.03 Å². The highest BCUT2D eigenvalue weighted by atomic mass is 16.5. The van der Waals surface area contributed by atoms with Crippen molar-refractivity contribution in [2.24, 2.45) is 5.73 Å². The van der Waals surface area contributed by atoms with Gasteiger partial charge < -0.3 is 20.7 Å². The van der Waals surface area contributed by atoms with E-state index in [1.165, 1.54) is 0 Å². The Morgan fingerprint density at radius 2 is 1.69 bits per heavy atom. The van der Waals surface area contributed by atoms with E-state index in [0.717, 1.165) is 52.0 Å². The van der Waals surface area contributed by atoms with Crippen LogP contribution in [-0.4, -0.2) is 49.3 Å². The molecule has 0 aromatic heterocycles. The van der Waals surface area contributed by atoms with Crippen molar-refractivity contribution in [3.05, 3.63) is 0 Å². The van der Waals surface area contributed by atoms with E-state index in [0.29, 0.717) is 12.1 Å². The zero-order chi connectivity index (χ0) is 11.4. The molecule has 2 rings (SSSR count). The molecule has 2 aliphatic rings. The van der Waals surface area contributed by atoms with Crippen LogP contribution in [0.15, 0.2) is 0 Å². The average molecular weight is 227 g/mol. The molecule has 2 fully saturated rings. The summed E-state index contributed by atoms with van der Waals surface area (Å²) in [6.07, 6.45) is 4.24. The molecule has 0 unspecified atom stereocenters. The molecule has 0 aliphatic carbocycles. The first-order chi connectivity index (χ1) is 7.75. The highest BCUT2D eigenvalue weighted by Crippen LogP contribution is 2.14. The van der Waals surface area contributed by atoms with Crippen LogP contribution in [0.1, 0.15) is 25.7 Å². The summed E-state index contributed by atoms with van der Waals surface area (Å²) in [6, 6.07) is 0.849. The quantitative estimate of drug-likeness (QED) is 0.713. The molecule has 2 aliphatic heterocycles. The highest BCUT2D eigenvalue weighted by Gasteiger charge is 2.23. The Balaban J connectivity index is 1.70. The second-order valence-electron chi connectivity index (χ2n) is 4.65. The molecule has 0 radical (unpaired) electrons. The number of nitrogens with zero attached hydrogens (tertiary/aromatic N) is 1. The van der Waals surface area contributed by atoms with Crippen LogP contribution in [0.3, 0.4) is 0 Å². The maximum atomic E-state index is 11.0. The minimum absolute atomic E-state index is 0.287. The minimum Gasteiger partial charge on any atom is -0.381 e. The number of hydrogen-bond donors (Lipinski definition) is 2. The number of nitrogens with one attached hydrogen (secondary N) is 1. The van der Waals surface area contributed by atoms with Crippen molar-refractivity contribution < 1.29 is 9.53 Å². The number of piperidine rings is 1. The number of hydrogen-bond acceptors (Lipinski definition) is 3. The minimum atomic E-state index is -0.287. The van der Waals surface area contributed by atoms with E-state index in [1.54, 1.807) is 4.90 Å². The van der Waals surface area contributed by atoms with Gasteiger partial charge in [-0.05, 0) is 25.7 Å². The van der Waals surface area contributed by atoms with Crippen molar-refractivity contribution in [1.29, 1.82) is 0 Å². The SMILES string of the molecule is NC(=O)N1CCC(NC2CCOCC2)CC1. The van der Waals surface area contributed by atoms with Gasteiger partial charge in [-0.2, -0.15) is 0 Å². The summed E-state index contributed by atoms with van der Waals surface area (Å²) in [5, 5.41) is 3.66. The van der Waals surface area contributed by atoms with Crippen molar-refractivity contribution in [3.8, 4) is 0 Å². The van der Waals surface area contributed by atoms with Gasteiger partial charge in [0.05, 0.1) is 0 Å². The van der Waals surface area contributed by atoms with Gasteiger partial charge in [0, 0.05) is 38.4 Å². The molecule has 92 valence electrons. The summed E-state index contributed by atoms with van der Waals surface area (Å²) in [6.45, 7) is 3.32. The molecule has 0 bridgehead atoms. The monoisotopic (exact) mass is 227 g/mol. The van der Waals surface area contributed by atoms with Crippen LogP contribution in [0, 0.1) is 0 Å². The van der Waals surface area contributed by atoms with E-state index in [-0.39, 0.29) is 6.03 Å². The van der Waals surface area contributed by atoms with Crippen molar-refractivity contribution in [2.75, 3.05) is 26.3 Å². The number of amides is 2. The fraction of sp³-hybridized carbons (Fsp3) is 0.909. The molecule has 2 heterocycles. The third-order valence-corrected chi connectivity index (χ3v) is 3.50.